The molecular formula is C8H4ClF6N. The van der Waals surface area contributed by atoms with E-state index < -0.39 is 41.1 Å². The average molecular weight is 264 g/mol. The molecule has 0 amide bonds. The van der Waals surface area contributed by atoms with Gasteiger partial charge in [0.25, 0.3) is 6.43 Å². The Kier molecular flexibility index (Phi) is 3.67. The molecule has 0 bridgehead atoms. The summed E-state index contributed by atoms with van der Waals surface area (Å²) in [6.45, 7) is 0. The van der Waals surface area contributed by atoms with Gasteiger partial charge in [0, 0.05) is 6.20 Å². The highest BCUT2D eigenvalue weighted by molar-refractivity contribution is 6.16. The maximum absolute atomic E-state index is 13.2. The van der Waals surface area contributed by atoms with Crippen LogP contribution in [0.25, 0.3) is 0 Å². The summed E-state index contributed by atoms with van der Waals surface area (Å²) in [6, 6.07) is 0. The lowest BCUT2D eigenvalue weighted by Gasteiger charge is -2.13. The topological polar surface area (TPSA) is 12.9 Å². The van der Waals surface area contributed by atoms with Gasteiger partial charge < -0.3 is 0 Å². The van der Waals surface area contributed by atoms with Crippen LogP contribution in [-0.4, -0.2) is 4.98 Å². The zero-order valence-electron chi connectivity index (χ0n) is 7.45. The summed E-state index contributed by atoms with van der Waals surface area (Å²) in [4.78, 5) is 3.05. The van der Waals surface area contributed by atoms with E-state index in [4.69, 9.17) is 11.6 Å². The Balaban J connectivity index is 3.47. The molecule has 0 aliphatic rings. The lowest BCUT2D eigenvalue weighted by atomic mass is 10.1. The molecule has 0 aliphatic heterocycles. The molecule has 0 N–H and O–H groups in total. The molecule has 1 aromatic heterocycles. The van der Waals surface area contributed by atoms with Crippen LogP contribution < -0.4 is 0 Å². The monoisotopic (exact) mass is 263 g/mol. The van der Waals surface area contributed by atoms with Gasteiger partial charge in [-0.05, 0) is 0 Å². The van der Waals surface area contributed by atoms with Crippen molar-refractivity contribution in [2.24, 2.45) is 0 Å². The maximum atomic E-state index is 13.2. The summed E-state index contributed by atoms with van der Waals surface area (Å²) in [7, 11) is 0. The first-order valence-electron chi connectivity index (χ1n) is 3.87. The Morgan fingerprint density at radius 2 is 1.88 bits per heavy atom. The molecule has 8 heteroatoms. The zero-order chi connectivity index (χ0) is 12.5. The van der Waals surface area contributed by atoms with Crippen LogP contribution in [0.4, 0.5) is 26.3 Å². The minimum atomic E-state index is -5.08. The van der Waals surface area contributed by atoms with E-state index in [0.717, 1.165) is 0 Å². The van der Waals surface area contributed by atoms with E-state index in [0.29, 0.717) is 0 Å². The molecule has 90 valence electrons. The Morgan fingerprint density at radius 1 is 1.31 bits per heavy atom. The summed E-state index contributed by atoms with van der Waals surface area (Å²) in [5, 5.41) is 0. The second-order valence-corrected chi connectivity index (χ2v) is 3.05. The molecule has 1 aromatic rings. The van der Waals surface area contributed by atoms with E-state index in [2.05, 4.69) is 4.98 Å². The molecule has 0 saturated carbocycles. The maximum Gasteiger partial charge on any atom is 0.418 e. The molecule has 0 aliphatic carbocycles. The van der Waals surface area contributed by atoms with Gasteiger partial charge in [-0.15, -0.1) is 11.6 Å². The lowest BCUT2D eigenvalue weighted by Crippen LogP contribution is -2.14. The van der Waals surface area contributed by atoms with Crippen LogP contribution >= 0.6 is 11.6 Å². The number of hydrogen-bond donors (Lipinski definition) is 0. The SMILES string of the molecule is Fc1c(CCl)ncc(C(F)(F)F)c1C(F)F. The Bertz CT molecular complexity index is 389. The van der Waals surface area contributed by atoms with Gasteiger partial charge in [0.05, 0.1) is 22.7 Å². The van der Waals surface area contributed by atoms with E-state index in [1.165, 1.54) is 0 Å². The number of aromatic nitrogens is 1. The fourth-order valence-electron chi connectivity index (χ4n) is 1.07. The van der Waals surface area contributed by atoms with E-state index in [1.807, 2.05) is 0 Å². The van der Waals surface area contributed by atoms with Gasteiger partial charge in [0.2, 0.25) is 0 Å². The van der Waals surface area contributed by atoms with Crippen LogP contribution in [0.15, 0.2) is 6.20 Å². The van der Waals surface area contributed by atoms with Crippen molar-refractivity contribution in [2.75, 3.05) is 0 Å². The smallest absolute Gasteiger partial charge is 0.256 e. The van der Waals surface area contributed by atoms with Crippen LogP contribution in [-0.2, 0) is 12.1 Å². The quantitative estimate of drug-likeness (QED) is 0.582. The van der Waals surface area contributed by atoms with Gasteiger partial charge in [-0.2, -0.15) is 13.2 Å². The second-order valence-electron chi connectivity index (χ2n) is 2.78. The molecule has 1 rings (SSSR count). The molecule has 0 atom stereocenters. The largest absolute Gasteiger partial charge is 0.418 e. The van der Waals surface area contributed by atoms with E-state index >= 15 is 0 Å². The lowest BCUT2D eigenvalue weighted by molar-refractivity contribution is -0.140. The van der Waals surface area contributed by atoms with Crippen molar-refractivity contribution in [2.45, 2.75) is 18.5 Å². The van der Waals surface area contributed by atoms with Crippen molar-refractivity contribution in [3.05, 3.63) is 28.8 Å². The van der Waals surface area contributed by atoms with E-state index in [-0.39, 0.29) is 6.20 Å². The summed E-state index contributed by atoms with van der Waals surface area (Å²) in [6.07, 6.45) is -8.51. The minimum Gasteiger partial charge on any atom is -0.256 e. The molecule has 1 heterocycles. The van der Waals surface area contributed by atoms with Gasteiger partial charge in [0.1, 0.15) is 0 Å². The highest BCUT2D eigenvalue weighted by atomic mass is 35.5. The van der Waals surface area contributed by atoms with Gasteiger partial charge in [0.15, 0.2) is 5.82 Å². The highest BCUT2D eigenvalue weighted by Crippen LogP contribution is 2.37. The molecule has 0 unspecified atom stereocenters. The van der Waals surface area contributed by atoms with Crippen molar-refractivity contribution in [3.63, 3.8) is 0 Å². The first-order chi connectivity index (χ1) is 7.29. The number of halogens is 7. The van der Waals surface area contributed by atoms with Crippen LogP contribution in [0.1, 0.15) is 23.2 Å². The number of hydrogen-bond acceptors (Lipinski definition) is 1. The van der Waals surface area contributed by atoms with Crippen LogP contribution in [0.5, 0.6) is 0 Å². The van der Waals surface area contributed by atoms with Crippen LogP contribution in [0.2, 0.25) is 0 Å². The molecule has 0 aromatic carbocycles. The average Bonchev–Trinajstić information content (AvgIpc) is 2.15. The minimum absolute atomic E-state index is 0.155. The molecule has 0 radical (unpaired) electrons. The number of alkyl halides is 6. The van der Waals surface area contributed by atoms with E-state index in [9.17, 15) is 26.3 Å². The molecule has 0 saturated heterocycles. The summed E-state index contributed by atoms with van der Waals surface area (Å²) in [5.74, 6) is -2.29. The predicted octanol–water partition coefficient (Wildman–Crippen LogP) is 3.92. The zero-order valence-corrected chi connectivity index (χ0v) is 8.21. The van der Waals surface area contributed by atoms with Gasteiger partial charge >= 0.3 is 6.18 Å². The fourth-order valence-corrected chi connectivity index (χ4v) is 1.26. The van der Waals surface area contributed by atoms with Crippen LogP contribution in [0, 0.1) is 5.82 Å². The number of nitrogens with zero attached hydrogens (tertiary/aromatic N) is 1. The third-order valence-electron chi connectivity index (χ3n) is 1.78. The third-order valence-corrected chi connectivity index (χ3v) is 2.03. The summed E-state index contributed by atoms with van der Waals surface area (Å²) in [5.41, 5.74) is -4.13. The van der Waals surface area contributed by atoms with Crippen molar-refractivity contribution in [1.29, 1.82) is 0 Å². The molecular weight excluding hydrogens is 260 g/mol. The van der Waals surface area contributed by atoms with Crippen molar-refractivity contribution in [1.82, 2.24) is 4.98 Å². The summed E-state index contributed by atoms with van der Waals surface area (Å²) < 4.78 is 74.6. The highest BCUT2D eigenvalue weighted by Gasteiger charge is 2.38. The second kappa shape index (κ2) is 4.48. The third kappa shape index (κ3) is 2.40. The molecule has 16 heavy (non-hydrogen) atoms. The summed E-state index contributed by atoms with van der Waals surface area (Å²) >= 11 is 5.15. The van der Waals surface area contributed by atoms with Gasteiger partial charge in [-0.25, -0.2) is 13.2 Å². The van der Waals surface area contributed by atoms with E-state index in [1.54, 1.807) is 0 Å². The van der Waals surface area contributed by atoms with Gasteiger partial charge in [-0.3, -0.25) is 4.98 Å². The molecule has 1 nitrogen and oxygen atoms in total. The predicted molar refractivity (Wildman–Crippen MR) is 43.7 cm³/mol. The standard InChI is InChI=1S/C8H4ClF6N/c9-1-4-6(10)5(7(11)12)3(2-16-4)8(13,14)15/h2,7H,1H2. The Hall–Kier alpha value is -0.980. The normalized spacial score (nSPS) is 12.2. The van der Waals surface area contributed by atoms with Crippen molar-refractivity contribution in [3.8, 4) is 0 Å². The van der Waals surface area contributed by atoms with Crippen molar-refractivity contribution < 1.29 is 26.3 Å². The Labute approximate surface area is 91.0 Å². The van der Waals surface area contributed by atoms with Crippen molar-refractivity contribution >= 4 is 11.6 Å². The molecule has 0 fully saturated rings. The molecule has 0 spiro atoms. The van der Waals surface area contributed by atoms with Crippen LogP contribution in [0.3, 0.4) is 0 Å². The first kappa shape index (κ1) is 13.1. The first-order valence-corrected chi connectivity index (χ1v) is 4.41. The van der Waals surface area contributed by atoms with Gasteiger partial charge in [-0.1, -0.05) is 0 Å². The Morgan fingerprint density at radius 3 is 2.25 bits per heavy atom. The fraction of sp³-hybridized carbons (Fsp3) is 0.375. The number of rotatable bonds is 2. The number of pyridine rings is 1.